The molecule has 1 rings (SSSR count). The van der Waals surface area contributed by atoms with Crippen molar-refractivity contribution in [2.45, 2.75) is 31.5 Å². The molecule has 1 saturated carbocycles. The van der Waals surface area contributed by atoms with E-state index in [0.29, 0.717) is 13.2 Å². The molecule has 0 spiro atoms. The van der Waals surface area contributed by atoms with Gasteiger partial charge in [0.2, 0.25) is 0 Å². The van der Waals surface area contributed by atoms with Crippen LogP contribution in [0.2, 0.25) is 0 Å². The predicted molar refractivity (Wildman–Crippen MR) is 53.5 cm³/mol. The molecule has 13 heavy (non-hydrogen) atoms. The fourth-order valence-corrected chi connectivity index (χ4v) is 1.67. The van der Waals surface area contributed by atoms with Gasteiger partial charge in [-0.3, -0.25) is 0 Å². The number of ether oxygens (including phenoxy) is 2. The molecule has 0 aliphatic heterocycles. The summed E-state index contributed by atoms with van der Waals surface area (Å²) in [5.41, 5.74) is 0. The second-order valence-corrected chi connectivity index (χ2v) is 3.32. The maximum Gasteiger partial charge on any atom is 0.169 e. The molecule has 2 nitrogen and oxygen atoms in total. The van der Waals surface area contributed by atoms with Gasteiger partial charge >= 0.3 is 0 Å². The molecule has 0 amide bonds. The van der Waals surface area contributed by atoms with Crippen molar-refractivity contribution in [3.63, 3.8) is 0 Å². The van der Waals surface area contributed by atoms with Gasteiger partial charge < -0.3 is 9.47 Å². The first-order valence-corrected chi connectivity index (χ1v) is 4.83. The SMILES string of the molecule is C=CCOC1(OCC=C)CCCC1. The molecule has 0 unspecified atom stereocenters. The molecule has 0 bridgehead atoms. The normalized spacial score (nSPS) is 20.0. The van der Waals surface area contributed by atoms with E-state index in [1.165, 1.54) is 12.8 Å². The molecule has 74 valence electrons. The third kappa shape index (κ3) is 2.98. The molecular formula is C11H18O2. The maximum absolute atomic E-state index is 5.65. The smallest absolute Gasteiger partial charge is 0.169 e. The number of hydrogen-bond acceptors (Lipinski definition) is 2. The van der Waals surface area contributed by atoms with Crippen LogP contribution in [0.5, 0.6) is 0 Å². The van der Waals surface area contributed by atoms with Gasteiger partial charge in [0.1, 0.15) is 0 Å². The third-order valence-electron chi connectivity index (χ3n) is 2.29. The monoisotopic (exact) mass is 182 g/mol. The topological polar surface area (TPSA) is 18.5 Å². The van der Waals surface area contributed by atoms with E-state index < -0.39 is 0 Å². The lowest BCUT2D eigenvalue weighted by molar-refractivity contribution is -0.220. The molecule has 0 atom stereocenters. The first-order valence-electron chi connectivity index (χ1n) is 4.83. The van der Waals surface area contributed by atoms with Crippen LogP contribution < -0.4 is 0 Å². The van der Waals surface area contributed by atoms with E-state index in [1.807, 2.05) is 0 Å². The van der Waals surface area contributed by atoms with E-state index in [4.69, 9.17) is 9.47 Å². The van der Waals surface area contributed by atoms with Crippen LogP contribution in [-0.4, -0.2) is 19.0 Å². The summed E-state index contributed by atoms with van der Waals surface area (Å²) in [6.45, 7) is 8.40. The van der Waals surface area contributed by atoms with Gasteiger partial charge in [0, 0.05) is 12.8 Å². The van der Waals surface area contributed by atoms with Gasteiger partial charge in [-0.15, -0.1) is 13.2 Å². The van der Waals surface area contributed by atoms with Gasteiger partial charge in [-0.05, 0) is 12.8 Å². The lowest BCUT2D eigenvalue weighted by atomic mass is 10.2. The summed E-state index contributed by atoms with van der Waals surface area (Å²) in [7, 11) is 0. The van der Waals surface area contributed by atoms with E-state index in [9.17, 15) is 0 Å². The van der Waals surface area contributed by atoms with Crippen molar-refractivity contribution in [1.82, 2.24) is 0 Å². The summed E-state index contributed by atoms with van der Waals surface area (Å²) >= 11 is 0. The summed E-state index contributed by atoms with van der Waals surface area (Å²) in [6, 6.07) is 0. The zero-order valence-electron chi connectivity index (χ0n) is 8.13. The number of rotatable bonds is 6. The molecule has 0 N–H and O–H groups in total. The molecule has 1 aliphatic rings. The van der Waals surface area contributed by atoms with Gasteiger partial charge in [0.05, 0.1) is 13.2 Å². The van der Waals surface area contributed by atoms with Crippen LogP contribution in [0, 0.1) is 0 Å². The van der Waals surface area contributed by atoms with Crippen LogP contribution in [0.1, 0.15) is 25.7 Å². The quantitative estimate of drug-likeness (QED) is 0.464. The van der Waals surface area contributed by atoms with Crippen LogP contribution in [0.15, 0.2) is 25.3 Å². The Labute approximate surface area is 80.2 Å². The van der Waals surface area contributed by atoms with Crippen LogP contribution in [-0.2, 0) is 9.47 Å². The molecule has 2 heteroatoms. The average molecular weight is 182 g/mol. The molecule has 0 radical (unpaired) electrons. The van der Waals surface area contributed by atoms with E-state index in [0.717, 1.165) is 12.8 Å². The minimum Gasteiger partial charge on any atom is -0.346 e. The zero-order chi connectivity index (χ0) is 9.57. The Hall–Kier alpha value is -0.600. The van der Waals surface area contributed by atoms with Gasteiger partial charge in [-0.2, -0.15) is 0 Å². The van der Waals surface area contributed by atoms with Crippen LogP contribution >= 0.6 is 0 Å². The van der Waals surface area contributed by atoms with E-state index in [-0.39, 0.29) is 5.79 Å². The minimum atomic E-state index is -0.345. The van der Waals surface area contributed by atoms with Crippen molar-refractivity contribution < 1.29 is 9.47 Å². The second kappa shape index (κ2) is 5.20. The fourth-order valence-electron chi connectivity index (χ4n) is 1.67. The highest BCUT2D eigenvalue weighted by Crippen LogP contribution is 2.34. The molecule has 0 saturated heterocycles. The van der Waals surface area contributed by atoms with Crippen molar-refractivity contribution in [1.29, 1.82) is 0 Å². The predicted octanol–water partition coefficient (Wildman–Crippen LogP) is 2.66. The van der Waals surface area contributed by atoms with E-state index >= 15 is 0 Å². The molecule has 1 fully saturated rings. The molecule has 0 aromatic heterocycles. The maximum atomic E-state index is 5.65. The van der Waals surface area contributed by atoms with E-state index in [1.54, 1.807) is 12.2 Å². The van der Waals surface area contributed by atoms with Crippen LogP contribution in [0.25, 0.3) is 0 Å². The number of hydrogen-bond donors (Lipinski definition) is 0. The first-order chi connectivity index (χ1) is 6.33. The highest BCUT2D eigenvalue weighted by Gasteiger charge is 2.35. The molecule has 0 aromatic carbocycles. The molecule has 1 aliphatic carbocycles. The lowest BCUT2D eigenvalue weighted by Crippen LogP contribution is -2.32. The van der Waals surface area contributed by atoms with Gasteiger partial charge in [0.25, 0.3) is 0 Å². The van der Waals surface area contributed by atoms with Crippen molar-refractivity contribution in [3.05, 3.63) is 25.3 Å². The Morgan fingerprint density at radius 3 is 1.85 bits per heavy atom. The summed E-state index contributed by atoms with van der Waals surface area (Å²) in [5, 5.41) is 0. The standard InChI is InChI=1S/C11H18O2/c1-3-9-12-11(13-10-4-2)7-5-6-8-11/h3-4H,1-2,5-10H2. The van der Waals surface area contributed by atoms with Crippen molar-refractivity contribution in [2.24, 2.45) is 0 Å². The largest absolute Gasteiger partial charge is 0.346 e. The van der Waals surface area contributed by atoms with Crippen molar-refractivity contribution in [2.75, 3.05) is 13.2 Å². The van der Waals surface area contributed by atoms with Crippen molar-refractivity contribution >= 4 is 0 Å². The minimum absolute atomic E-state index is 0.345. The summed E-state index contributed by atoms with van der Waals surface area (Å²) in [4.78, 5) is 0. The molecular weight excluding hydrogens is 164 g/mol. The van der Waals surface area contributed by atoms with E-state index in [2.05, 4.69) is 13.2 Å². The fraction of sp³-hybridized carbons (Fsp3) is 0.636. The van der Waals surface area contributed by atoms with Gasteiger partial charge in [-0.25, -0.2) is 0 Å². The Balaban J connectivity index is 2.41. The highest BCUT2D eigenvalue weighted by atomic mass is 16.7. The summed E-state index contributed by atoms with van der Waals surface area (Å²) in [5.74, 6) is -0.345. The summed E-state index contributed by atoms with van der Waals surface area (Å²) < 4.78 is 11.3. The zero-order valence-corrected chi connectivity index (χ0v) is 8.13. The Morgan fingerprint density at radius 1 is 1.00 bits per heavy atom. The Bertz CT molecular complexity index is 155. The average Bonchev–Trinajstić information content (AvgIpc) is 2.61. The third-order valence-corrected chi connectivity index (χ3v) is 2.29. The summed E-state index contributed by atoms with van der Waals surface area (Å²) in [6.07, 6.45) is 7.89. The molecule has 0 heterocycles. The second-order valence-electron chi connectivity index (χ2n) is 3.32. The Kier molecular flexibility index (Phi) is 4.19. The van der Waals surface area contributed by atoms with Crippen LogP contribution in [0.4, 0.5) is 0 Å². The lowest BCUT2D eigenvalue weighted by Gasteiger charge is -2.28. The highest BCUT2D eigenvalue weighted by molar-refractivity contribution is 4.81. The van der Waals surface area contributed by atoms with Crippen LogP contribution in [0.3, 0.4) is 0 Å². The Morgan fingerprint density at radius 2 is 1.46 bits per heavy atom. The van der Waals surface area contributed by atoms with Gasteiger partial charge in [-0.1, -0.05) is 12.2 Å². The first kappa shape index (κ1) is 10.5. The van der Waals surface area contributed by atoms with Gasteiger partial charge in [0.15, 0.2) is 5.79 Å². The molecule has 0 aromatic rings. The van der Waals surface area contributed by atoms with Crippen molar-refractivity contribution in [3.8, 4) is 0 Å².